The van der Waals surface area contributed by atoms with Crippen molar-refractivity contribution in [3.05, 3.63) is 0 Å². The van der Waals surface area contributed by atoms with Crippen molar-refractivity contribution >= 4 is 10.0 Å². The quantitative estimate of drug-likeness (QED) is 0.750. The van der Waals surface area contributed by atoms with Crippen molar-refractivity contribution < 1.29 is 8.42 Å². The molecule has 1 atom stereocenters. The third kappa shape index (κ3) is 2.19. The van der Waals surface area contributed by atoms with Crippen molar-refractivity contribution in [2.24, 2.45) is 5.41 Å². The minimum Gasteiger partial charge on any atom is -0.316 e. The van der Waals surface area contributed by atoms with Gasteiger partial charge in [0, 0.05) is 19.6 Å². The number of hydrogen-bond acceptors (Lipinski definition) is 3. The van der Waals surface area contributed by atoms with Crippen molar-refractivity contribution in [1.29, 1.82) is 0 Å². The standard InChI is InChI=1S/C10H20N2O2S/c1-2-15(13,14)12-7-3-4-10(9-12)5-6-11-8-10/h11H,2-9H2,1H3. The molecule has 2 aliphatic heterocycles. The summed E-state index contributed by atoms with van der Waals surface area (Å²) in [5, 5.41) is 3.35. The number of nitrogens with zero attached hydrogens (tertiary/aromatic N) is 1. The average molecular weight is 232 g/mol. The van der Waals surface area contributed by atoms with Crippen LogP contribution in [0.2, 0.25) is 0 Å². The van der Waals surface area contributed by atoms with Crippen LogP contribution in [0.1, 0.15) is 26.2 Å². The lowest BCUT2D eigenvalue weighted by molar-refractivity contribution is 0.167. The average Bonchev–Trinajstić information content (AvgIpc) is 2.66. The molecule has 2 saturated heterocycles. The van der Waals surface area contributed by atoms with Gasteiger partial charge in [-0.2, -0.15) is 0 Å². The fraction of sp³-hybridized carbons (Fsp3) is 1.00. The molecule has 0 aromatic rings. The van der Waals surface area contributed by atoms with Crippen molar-refractivity contribution in [1.82, 2.24) is 9.62 Å². The lowest BCUT2D eigenvalue weighted by atomic mass is 9.80. The molecule has 0 aromatic heterocycles. The SMILES string of the molecule is CCS(=O)(=O)N1CCCC2(CCNC2)C1. The summed E-state index contributed by atoms with van der Waals surface area (Å²) >= 11 is 0. The van der Waals surface area contributed by atoms with Gasteiger partial charge in [-0.05, 0) is 38.1 Å². The van der Waals surface area contributed by atoms with Crippen LogP contribution in [0, 0.1) is 5.41 Å². The molecule has 2 heterocycles. The minimum atomic E-state index is -2.98. The fourth-order valence-electron chi connectivity index (χ4n) is 2.73. The molecule has 88 valence electrons. The zero-order chi connectivity index (χ0) is 10.9. The first kappa shape index (κ1) is 11.4. The summed E-state index contributed by atoms with van der Waals surface area (Å²) in [6.07, 6.45) is 3.32. The molecule has 0 bridgehead atoms. The molecule has 0 radical (unpaired) electrons. The Bertz CT molecular complexity index is 320. The van der Waals surface area contributed by atoms with E-state index in [1.54, 1.807) is 11.2 Å². The normalized spacial score (nSPS) is 33.7. The smallest absolute Gasteiger partial charge is 0.213 e. The number of piperidine rings is 1. The van der Waals surface area contributed by atoms with Gasteiger partial charge >= 0.3 is 0 Å². The summed E-state index contributed by atoms with van der Waals surface area (Å²) in [6, 6.07) is 0. The second-order valence-electron chi connectivity index (χ2n) is 4.76. The van der Waals surface area contributed by atoms with Gasteiger partial charge in [0.05, 0.1) is 5.75 Å². The highest BCUT2D eigenvalue weighted by Gasteiger charge is 2.40. The Hall–Kier alpha value is -0.130. The van der Waals surface area contributed by atoms with Crippen LogP contribution in [0.5, 0.6) is 0 Å². The highest BCUT2D eigenvalue weighted by atomic mass is 32.2. The number of rotatable bonds is 2. The molecule has 15 heavy (non-hydrogen) atoms. The number of sulfonamides is 1. The summed E-state index contributed by atoms with van der Waals surface area (Å²) in [7, 11) is -2.98. The van der Waals surface area contributed by atoms with Crippen molar-refractivity contribution in [2.75, 3.05) is 31.9 Å². The Balaban J connectivity index is 2.10. The van der Waals surface area contributed by atoms with Crippen molar-refractivity contribution in [3.8, 4) is 0 Å². The molecule has 1 unspecified atom stereocenters. The largest absolute Gasteiger partial charge is 0.316 e. The van der Waals surface area contributed by atoms with E-state index in [2.05, 4.69) is 5.32 Å². The fourth-order valence-corrected chi connectivity index (χ4v) is 3.97. The maximum Gasteiger partial charge on any atom is 0.213 e. The van der Waals surface area contributed by atoms with Gasteiger partial charge in [0.15, 0.2) is 0 Å². The molecule has 4 nitrogen and oxygen atoms in total. The monoisotopic (exact) mass is 232 g/mol. The van der Waals surface area contributed by atoms with E-state index in [0.717, 1.165) is 39.0 Å². The molecule has 0 amide bonds. The summed E-state index contributed by atoms with van der Waals surface area (Å²) in [6.45, 7) is 5.21. The Morgan fingerprint density at radius 3 is 2.80 bits per heavy atom. The number of nitrogens with one attached hydrogen (secondary N) is 1. The van der Waals surface area contributed by atoms with Gasteiger partial charge in [-0.25, -0.2) is 12.7 Å². The van der Waals surface area contributed by atoms with E-state index in [1.165, 1.54) is 6.42 Å². The Kier molecular flexibility index (Phi) is 3.05. The van der Waals surface area contributed by atoms with Crippen LogP contribution in [-0.4, -0.2) is 44.7 Å². The Labute approximate surface area is 92.1 Å². The van der Waals surface area contributed by atoms with E-state index >= 15 is 0 Å². The zero-order valence-electron chi connectivity index (χ0n) is 9.33. The van der Waals surface area contributed by atoms with Gasteiger partial charge in [-0.15, -0.1) is 0 Å². The predicted molar refractivity (Wildman–Crippen MR) is 60.2 cm³/mol. The number of hydrogen-bond donors (Lipinski definition) is 1. The molecular weight excluding hydrogens is 212 g/mol. The second kappa shape index (κ2) is 4.03. The second-order valence-corrected chi connectivity index (χ2v) is 7.02. The molecule has 0 aromatic carbocycles. The molecule has 0 aliphatic carbocycles. The first-order chi connectivity index (χ1) is 7.08. The van der Waals surface area contributed by atoms with Gasteiger partial charge in [0.2, 0.25) is 10.0 Å². The van der Waals surface area contributed by atoms with Gasteiger partial charge in [0.25, 0.3) is 0 Å². The molecule has 1 spiro atoms. The lowest BCUT2D eigenvalue weighted by Crippen LogP contribution is -2.47. The molecule has 1 N–H and O–H groups in total. The van der Waals surface area contributed by atoms with Crippen molar-refractivity contribution in [2.45, 2.75) is 26.2 Å². The topological polar surface area (TPSA) is 49.4 Å². The highest BCUT2D eigenvalue weighted by molar-refractivity contribution is 7.89. The van der Waals surface area contributed by atoms with E-state index in [4.69, 9.17) is 0 Å². The summed E-state index contributed by atoms with van der Waals surface area (Å²) < 4.78 is 25.3. The maximum atomic E-state index is 11.8. The highest BCUT2D eigenvalue weighted by Crippen LogP contribution is 2.36. The lowest BCUT2D eigenvalue weighted by Gasteiger charge is -2.39. The van der Waals surface area contributed by atoms with Crippen LogP contribution in [-0.2, 0) is 10.0 Å². The molecule has 5 heteroatoms. The summed E-state index contributed by atoms with van der Waals surface area (Å²) in [5.74, 6) is 0.233. The van der Waals surface area contributed by atoms with Crippen LogP contribution in [0.25, 0.3) is 0 Å². The predicted octanol–water partition coefficient (Wildman–Crippen LogP) is 0.412. The molecule has 2 rings (SSSR count). The van der Waals surface area contributed by atoms with E-state index < -0.39 is 10.0 Å². The van der Waals surface area contributed by atoms with Crippen LogP contribution in [0.3, 0.4) is 0 Å². The van der Waals surface area contributed by atoms with Gasteiger partial charge in [-0.1, -0.05) is 0 Å². The third-order valence-electron chi connectivity index (χ3n) is 3.72. The summed E-state index contributed by atoms with van der Waals surface area (Å²) in [4.78, 5) is 0. The first-order valence-corrected chi connectivity index (χ1v) is 7.37. The Morgan fingerprint density at radius 2 is 2.20 bits per heavy atom. The Morgan fingerprint density at radius 1 is 1.40 bits per heavy atom. The van der Waals surface area contributed by atoms with E-state index in [-0.39, 0.29) is 11.2 Å². The van der Waals surface area contributed by atoms with Crippen LogP contribution in [0.4, 0.5) is 0 Å². The van der Waals surface area contributed by atoms with Gasteiger partial charge in [-0.3, -0.25) is 0 Å². The van der Waals surface area contributed by atoms with Crippen LogP contribution < -0.4 is 5.32 Å². The first-order valence-electron chi connectivity index (χ1n) is 5.77. The molecule has 2 aliphatic rings. The zero-order valence-corrected chi connectivity index (χ0v) is 10.1. The molecule has 0 saturated carbocycles. The van der Waals surface area contributed by atoms with Crippen LogP contribution >= 0.6 is 0 Å². The van der Waals surface area contributed by atoms with Gasteiger partial charge in [0.1, 0.15) is 0 Å². The van der Waals surface area contributed by atoms with Gasteiger partial charge < -0.3 is 5.32 Å². The van der Waals surface area contributed by atoms with E-state index in [9.17, 15) is 8.42 Å². The minimum absolute atomic E-state index is 0.233. The molecular formula is C10H20N2O2S. The maximum absolute atomic E-state index is 11.8. The molecule has 2 fully saturated rings. The van der Waals surface area contributed by atoms with E-state index in [0.29, 0.717) is 0 Å². The van der Waals surface area contributed by atoms with Crippen molar-refractivity contribution in [3.63, 3.8) is 0 Å². The van der Waals surface area contributed by atoms with Crippen LogP contribution in [0.15, 0.2) is 0 Å². The van der Waals surface area contributed by atoms with E-state index in [1.807, 2.05) is 0 Å². The summed E-state index contributed by atoms with van der Waals surface area (Å²) in [5.41, 5.74) is 0.237. The third-order valence-corrected chi connectivity index (χ3v) is 5.54.